The zero-order chi connectivity index (χ0) is 27.7. The van der Waals surface area contributed by atoms with Crippen LogP contribution in [0.25, 0.3) is 0 Å². The van der Waals surface area contributed by atoms with Crippen molar-refractivity contribution in [2.45, 2.75) is 52.1 Å². The Morgan fingerprint density at radius 1 is 1.00 bits per heavy atom. The second-order valence-corrected chi connectivity index (χ2v) is 11.3. The molecule has 0 radical (unpaired) electrons. The lowest BCUT2D eigenvalue weighted by Crippen LogP contribution is -2.39. The standard InChI is InChI=1S/C29H36F3N5O2/c1-19-7-5-8-20(2)25(19)27(39)36-17-22-15-35(16-23(22)18-36)13-6-14-37(26(38)21-9-3-4-10-21)28-33-12-11-24(34-28)29(30,31)32/h5,7-8,11-12,21-23H,3-4,6,9-10,13-18H2,1-2H3. The Kier molecular flexibility index (Phi) is 7.94. The minimum Gasteiger partial charge on any atom is -0.338 e. The molecule has 0 bridgehead atoms. The first-order chi connectivity index (χ1) is 18.6. The van der Waals surface area contributed by atoms with Gasteiger partial charge in [0.15, 0.2) is 0 Å². The number of halogens is 3. The smallest absolute Gasteiger partial charge is 0.338 e. The Morgan fingerprint density at radius 2 is 1.64 bits per heavy atom. The summed E-state index contributed by atoms with van der Waals surface area (Å²) in [5.74, 6) is 0.387. The predicted octanol–water partition coefficient (Wildman–Crippen LogP) is 4.73. The van der Waals surface area contributed by atoms with E-state index in [1.807, 2.05) is 36.9 Å². The number of carbonyl (C=O) groups is 2. The maximum absolute atomic E-state index is 13.3. The van der Waals surface area contributed by atoms with Gasteiger partial charge < -0.3 is 9.80 Å². The summed E-state index contributed by atoms with van der Waals surface area (Å²) >= 11 is 0. The van der Waals surface area contributed by atoms with Crippen molar-refractivity contribution in [3.8, 4) is 0 Å². The maximum Gasteiger partial charge on any atom is 0.433 e. The van der Waals surface area contributed by atoms with Gasteiger partial charge in [0.1, 0.15) is 5.69 Å². The minimum atomic E-state index is -4.60. The van der Waals surface area contributed by atoms with E-state index in [0.717, 1.165) is 87.4 Å². The number of alkyl halides is 3. The molecule has 2 saturated heterocycles. The number of benzene rings is 1. The Bertz CT molecular complexity index is 1180. The lowest BCUT2D eigenvalue weighted by atomic mass is 10.0. The zero-order valence-electron chi connectivity index (χ0n) is 22.6. The molecule has 3 aliphatic rings. The van der Waals surface area contributed by atoms with Gasteiger partial charge in [-0.25, -0.2) is 9.97 Å². The third kappa shape index (κ3) is 5.95. The second-order valence-electron chi connectivity index (χ2n) is 11.3. The SMILES string of the molecule is Cc1cccc(C)c1C(=O)N1CC2CN(CCCN(C(=O)C3CCCC3)c3nccc(C(F)(F)F)n3)CC2C1. The van der Waals surface area contributed by atoms with Crippen LogP contribution in [0.15, 0.2) is 30.5 Å². The van der Waals surface area contributed by atoms with Crippen molar-refractivity contribution < 1.29 is 22.8 Å². The molecule has 0 spiro atoms. The van der Waals surface area contributed by atoms with Crippen LogP contribution in [-0.4, -0.2) is 70.9 Å². The average Bonchev–Trinajstić information content (AvgIpc) is 3.63. The maximum atomic E-state index is 13.3. The molecule has 2 amide bonds. The molecule has 2 aliphatic heterocycles. The summed E-state index contributed by atoms with van der Waals surface area (Å²) in [6.07, 6.45) is 0.498. The van der Waals surface area contributed by atoms with E-state index in [1.165, 1.54) is 4.90 Å². The number of hydrogen-bond donors (Lipinski definition) is 0. The Morgan fingerprint density at radius 3 is 2.26 bits per heavy atom. The van der Waals surface area contributed by atoms with E-state index in [1.54, 1.807) is 0 Å². The number of likely N-dealkylation sites (tertiary alicyclic amines) is 2. The number of aryl methyl sites for hydroxylation is 2. The van der Waals surface area contributed by atoms with Gasteiger partial charge in [0.25, 0.3) is 5.91 Å². The summed E-state index contributed by atoms with van der Waals surface area (Å²) in [6.45, 7) is 8.17. The van der Waals surface area contributed by atoms with Crippen molar-refractivity contribution >= 4 is 17.8 Å². The molecule has 210 valence electrons. The summed E-state index contributed by atoms with van der Waals surface area (Å²) in [5.41, 5.74) is 1.77. The van der Waals surface area contributed by atoms with E-state index < -0.39 is 11.9 Å². The molecule has 5 rings (SSSR count). The van der Waals surface area contributed by atoms with Gasteiger partial charge in [-0.15, -0.1) is 0 Å². The number of aromatic nitrogens is 2. The van der Waals surface area contributed by atoms with Gasteiger partial charge in [0, 0.05) is 50.4 Å². The zero-order valence-corrected chi connectivity index (χ0v) is 22.6. The third-order valence-corrected chi connectivity index (χ3v) is 8.55. The van der Waals surface area contributed by atoms with E-state index in [0.29, 0.717) is 18.3 Å². The van der Waals surface area contributed by atoms with Crippen LogP contribution in [0.1, 0.15) is 59.3 Å². The van der Waals surface area contributed by atoms with Crippen LogP contribution < -0.4 is 4.90 Å². The minimum absolute atomic E-state index is 0.105. The van der Waals surface area contributed by atoms with Gasteiger partial charge in [-0.2, -0.15) is 13.2 Å². The number of anilines is 1. The summed E-state index contributed by atoms with van der Waals surface area (Å²) in [6, 6.07) is 6.76. The summed E-state index contributed by atoms with van der Waals surface area (Å²) in [4.78, 5) is 40.0. The van der Waals surface area contributed by atoms with Crippen LogP contribution in [0.4, 0.5) is 19.1 Å². The molecular formula is C29H36F3N5O2. The lowest BCUT2D eigenvalue weighted by molar-refractivity contribution is -0.141. The van der Waals surface area contributed by atoms with Gasteiger partial charge in [-0.3, -0.25) is 14.5 Å². The van der Waals surface area contributed by atoms with E-state index in [4.69, 9.17) is 0 Å². The molecule has 2 aromatic rings. The Hall–Kier alpha value is -3.01. The first-order valence-electron chi connectivity index (χ1n) is 13.9. The van der Waals surface area contributed by atoms with Crippen LogP contribution in [0, 0.1) is 31.6 Å². The molecule has 10 heteroatoms. The fourth-order valence-corrected chi connectivity index (χ4v) is 6.54. The number of rotatable bonds is 7. The first kappa shape index (κ1) is 27.6. The normalized spacial score (nSPS) is 21.9. The molecule has 0 N–H and O–H groups in total. The monoisotopic (exact) mass is 543 g/mol. The second kappa shape index (κ2) is 11.2. The molecule has 39 heavy (non-hydrogen) atoms. The molecular weight excluding hydrogens is 507 g/mol. The van der Waals surface area contributed by atoms with Gasteiger partial charge in [-0.05, 0) is 68.7 Å². The van der Waals surface area contributed by atoms with E-state index in [2.05, 4.69) is 14.9 Å². The predicted molar refractivity (Wildman–Crippen MR) is 141 cm³/mol. The number of hydrogen-bond acceptors (Lipinski definition) is 5. The third-order valence-electron chi connectivity index (χ3n) is 8.55. The van der Waals surface area contributed by atoms with E-state index in [-0.39, 0.29) is 30.2 Å². The van der Waals surface area contributed by atoms with Crippen molar-refractivity contribution in [2.24, 2.45) is 17.8 Å². The highest BCUT2D eigenvalue weighted by Crippen LogP contribution is 2.34. The topological polar surface area (TPSA) is 69.6 Å². The highest BCUT2D eigenvalue weighted by molar-refractivity contribution is 5.97. The number of nitrogens with zero attached hydrogens (tertiary/aromatic N) is 5. The molecule has 3 heterocycles. The Labute approximate surface area is 227 Å². The molecule has 1 aromatic heterocycles. The molecule has 1 saturated carbocycles. The van der Waals surface area contributed by atoms with Crippen molar-refractivity contribution in [1.29, 1.82) is 0 Å². The largest absolute Gasteiger partial charge is 0.433 e. The van der Waals surface area contributed by atoms with Gasteiger partial charge in [0.2, 0.25) is 11.9 Å². The average molecular weight is 544 g/mol. The molecule has 7 nitrogen and oxygen atoms in total. The summed E-state index contributed by atoms with van der Waals surface area (Å²) in [7, 11) is 0. The van der Waals surface area contributed by atoms with Gasteiger partial charge in [0.05, 0.1) is 0 Å². The van der Waals surface area contributed by atoms with Gasteiger partial charge >= 0.3 is 6.18 Å². The number of fused-ring (bicyclic) bond motifs is 1. The lowest BCUT2D eigenvalue weighted by Gasteiger charge is -2.26. The van der Waals surface area contributed by atoms with Crippen molar-refractivity contribution in [3.63, 3.8) is 0 Å². The fourth-order valence-electron chi connectivity index (χ4n) is 6.54. The van der Waals surface area contributed by atoms with Crippen LogP contribution in [0.2, 0.25) is 0 Å². The highest BCUT2D eigenvalue weighted by atomic mass is 19.4. The first-order valence-corrected chi connectivity index (χ1v) is 13.9. The van der Waals surface area contributed by atoms with Crippen LogP contribution in [0.5, 0.6) is 0 Å². The van der Waals surface area contributed by atoms with E-state index in [9.17, 15) is 22.8 Å². The summed E-state index contributed by atoms with van der Waals surface area (Å²) < 4.78 is 39.9. The summed E-state index contributed by atoms with van der Waals surface area (Å²) in [5, 5.41) is 0. The molecule has 1 aliphatic carbocycles. The van der Waals surface area contributed by atoms with Crippen molar-refractivity contribution in [1.82, 2.24) is 19.8 Å². The van der Waals surface area contributed by atoms with Crippen LogP contribution in [0.3, 0.4) is 0 Å². The number of amides is 2. The number of carbonyl (C=O) groups excluding carboxylic acids is 2. The molecule has 2 atom stereocenters. The van der Waals surface area contributed by atoms with Gasteiger partial charge in [-0.1, -0.05) is 31.0 Å². The van der Waals surface area contributed by atoms with E-state index >= 15 is 0 Å². The van der Waals surface area contributed by atoms with Crippen LogP contribution in [-0.2, 0) is 11.0 Å². The quantitative estimate of drug-likeness (QED) is 0.505. The van der Waals surface area contributed by atoms with Crippen molar-refractivity contribution in [2.75, 3.05) is 44.2 Å². The molecule has 2 unspecified atom stereocenters. The molecule has 1 aromatic carbocycles. The fraction of sp³-hybridized carbons (Fsp3) is 0.586. The van der Waals surface area contributed by atoms with Crippen molar-refractivity contribution in [3.05, 3.63) is 52.8 Å². The Balaban J connectivity index is 1.18. The highest BCUT2D eigenvalue weighted by Gasteiger charge is 2.42. The van der Waals surface area contributed by atoms with Crippen LogP contribution >= 0.6 is 0 Å². The molecule has 3 fully saturated rings.